The Bertz CT molecular complexity index is 1380. The van der Waals surface area contributed by atoms with Crippen molar-refractivity contribution >= 4 is 16.7 Å². The van der Waals surface area contributed by atoms with E-state index in [1.54, 1.807) is 30.3 Å². The van der Waals surface area contributed by atoms with Gasteiger partial charge in [0.15, 0.2) is 17.4 Å². The number of rotatable bonds is 17. The second-order valence-electron chi connectivity index (χ2n) is 11.3. The third-order valence-electron chi connectivity index (χ3n) is 7.98. The number of fused-ring (bicyclic) bond motifs is 1. The van der Waals surface area contributed by atoms with Gasteiger partial charge in [-0.1, -0.05) is 63.1 Å². The number of aryl methyl sites for hydroxylation is 1. The molecule has 0 aliphatic rings. The van der Waals surface area contributed by atoms with Crippen molar-refractivity contribution in [3.63, 3.8) is 0 Å². The number of hydrogen-bond acceptors (Lipinski definition) is 3. The van der Waals surface area contributed by atoms with Crippen LogP contribution >= 0.6 is 0 Å². The second kappa shape index (κ2) is 15.5. The number of carbonyl (C=O) groups is 1. The lowest BCUT2D eigenvalue weighted by Crippen LogP contribution is -2.36. The van der Waals surface area contributed by atoms with Gasteiger partial charge in [0.05, 0.1) is 5.92 Å². The molecule has 44 heavy (non-hydrogen) atoms. The Labute approximate surface area is 251 Å². The van der Waals surface area contributed by atoms with Gasteiger partial charge in [-0.3, -0.25) is 4.79 Å². The Morgan fingerprint density at radius 2 is 1.30 bits per heavy atom. The quantitative estimate of drug-likeness (QED) is 0.102. The zero-order chi connectivity index (χ0) is 32.5. The van der Waals surface area contributed by atoms with Crippen molar-refractivity contribution in [3.8, 4) is 22.6 Å². The van der Waals surface area contributed by atoms with E-state index in [0.717, 1.165) is 73.4 Å². The Kier molecular flexibility index (Phi) is 12.3. The monoisotopic (exact) mass is 630 g/mol. The molecular weight excluding hydrogens is 593 g/mol. The van der Waals surface area contributed by atoms with Crippen LogP contribution in [0.4, 0.5) is 30.7 Å². The van der Waals surface area contributed by atoms with E-state index in [4.69, 9.17) is 0 Å². The SMILES string of the molecule is O=C(O)C(CCCCCCCCCCc1c(-c2cc(F)c(O)c(F)c2)ccc2cc(O)ccc12)CCCC(F)(F)C(F)(F)F. The van der Waals surface area contributed by atoms with Gasteiger partial charge in [0.1, 0.15) is 5.75 Å². The normalized spacial score (nSPS) is 13.0. The molecule has 3 aromatic carbocycles. The lowest BCUT2D eigenvalue weighted by molar-refractivity contribution is -0.284. The second-order valence-corrected chi connectivity index (χ2v) is 11.3. The molecule has 0 spiro atoms. The summed E-state index contributed by atoms with van der Waals surface area (Å²) in [5.41, 5.74) is 1.81. The molecule has 0 radical (unpaired) electrons. The maximum atomic E-state index is 14.1. The van der Waals surface area contributed by atoms with Crippen LogP contribution in [0.1, 0.15) is 82.6 Å². The molecule has 1 atom stereocenters. The van der Waals surface area contributed by atoms with Gasteiger partial charge in [0, 0.05) is 6.42 Å². The molecule has 0 aliphatic heterocycles. The van der Waals surface area contributed by atoms with Crippen molar-refractivity contribution in [1.29, 1.82) is 0 Å². The highest BCUT2D eigenvalue weighted by molar-refractivity contribution is 5.92. The molecular formula is C33H37F7O4. The third kappa shape index (κ3) is 9.50. The maximum Gasteiger partial charge on any atom is 0.453 e. The topological polar surface area (TPSA) is 77.8 Å². The van der Waals surface area contributed by atoms with Crippen molar-refractivity contribution in [2.24, 2.45) is 5.92 Å². The van der Waals surface area contributed by atoms with Crippen molar-refractivity contribution in [2.45, 2.75) is 95.6 Å². The van der Waals surface area contributed by atoms with Gasteiger partial charge in [-0.25, -0.2) is 8.78 Å². The van der Waals surface area contributed by atoms with E-state index in [2.05, 4.69) is 0 Å². The molecule has 11 heteroatoms. The average molecular weight is 631 g/mol. The van der Waals surface area contributed by atoms with Crippen molar-refractivity contribution in [1.82, 2.24) is 0 Å². The minimum atomic E-state index is -5.63. The summed E-state index contributed by atoms with van der Waals surface area (Å²) in [5, 5.41) is 30.3. The predicted molar refractivity (Wildman–Crippen MR) is 154 cm³/mol. The number of aliphatic carboxylic acids is 1. The number of halogens is 7. The fourth-order valence-electron chi connectivity index (χ4n) is 5.50. The summed E-state index contributed by atoms with van der Waals surface area (Å²) in [6.07, 6.45) is -0.392. The lowest BCUT2D eigenvalue weighted by atomic mass is 9.90. The zero-order valence-electron chi connectivity index (χ0n) is 24.2. The Morgan fingerprint density at radius 3 is 1.89 bits per heavy atom. The van der Waals surface area contributed by atoms with Crippen LogP contribution in [0.3, 0.4) is 0 Å². The maximum absolute atomic E-state index is 14.1. The van der Waals surface area contributed by atoms with Crippen LogP contribution in [0, 0.1) is 17.6 Å². The van der Waals surface area contributed by atoms with Crippen molar-refractivity contribution in [2.75, 3.05) is 0 Å². The Balaban J connectivity index is 1.43. The first-order chi connectivity index (χ1) is 20.7. The molecule has 1 unspecified atom stereocenters. The van der Waals surface area contributed by atoms with Crippen LogP contribution in [0.5, 0.6) is 11.5 Å². The molecule has 0 saturated carbocycles. The van der Waals surface area contributed by atoms with Gasteiger partial charge in [-0.2, -0.15) is 22.0 Å². The molecule has 3 rings (SSSR count). The molecule has 4 nitrogen and oxygen atoms in total. The smallest absolute Gasteiger partial charge is 0.453 e. The molecule has 3 N–H and O–H groups in total. The summed E-state index contributed by atoms with van der Waals surface area (Å²) < 4.78 is 91.2. The minimum Gasteiger partial charge on any atom is -0.508 e. The Morgan fingerprint density at radius 1 is 0.727 bits per heavy atom. The third-order valence-corrected chi connectivity index (χ3v) is 7.98. The number of phenols is 2. The molecule has 0 fully saturated rings. The number of phenolic OH excluding ortho intramolecular Hbond substituents is 2. The molecule has 0 saturated heterocycles. The van der Waals surface area contributed by atoms with Crippen LogP contribution in [-0.2, 0) is 11.2 Å². The van der Waals surface area contributed by atoms with E-state index in [1.165, 1.54) is 0 Å². The largest absolute Gasteiger partial charge is 0.508 e. The average Bonchev–Trinajstić information content (AvgIpc) is 2.94. The zero-order valence-corrected chi connectivity index (χ0v) is 24.2. The van der Waals surface area contributed by atoms with Crippen LogP contribution in [0.15, 0.2) is 42.5 Å². The number of benzene rings is 3. The lowest BCUT2D eigenvalue weighted by Gasteiger charge is -2.20. The summed E-state index contributed by atoms with van der Waals surface area (Å²) >= 11 is 0. The summed E-state index contributed by atoms with van der Waals surface area (Å²) in [6.45, 7) is 0. The van der Waals surface area contributed by atoms with Crippen LogP contribution < -0.4 is 0 Å². The highest BCUT2D eigenvalue weighted by Crippen LogP contribution is 2.40. The van der Waals surface area contributed by atoms with Gasteiger partial charge < -0.3 is 15.3 Å². The number of hydrogen-bond donors (Lipinski definition) is 3. The van der Waals surface area contributed by atoms with E-state index >= 15 is 0 Å². The van der Waals surface area contributed by atoms with Crippen LogP contribution in [-0.4, -0.2) is 33.4 Å². The van der Waals surface area contributed by atoms with Gasteiger partial charge in [-0.15, -0.1) is 0 Å². The van der Waals surface area contributed by atoms with Gasteiger partial charge >= 0.3 is 18.1 Å². The number of alkyl halides is 5. The minimum absolute atomic E-state index is 0.0991. The Hall–Kier alpha value is -3.50. The molecule has 0 heterocycles. The molecule has 0 aromatic heterocycles. The van der Waals surface area contributed by atoms with Gasteiger partial charge in [0.2, 0.25) is 0 Å². The van der Waals surface area contributed by atoms with Crippen LogP contribution in [0.2, 0.25) is 0 Å². The highest BCUT2D eigenvalue weighted by Gasteiger charge is 2.56. The van der Waals surface area contributed by atoms with Crippen molar-refractivity contribution < 1.29 is 50.8 Å². The van der Waals surface area contributed by atoms with E-state index in [-0.39, 0.29) is 18.6 Å². The number of carboxylic acids is 1. The van der Waals surface area contributed by atoms with Gasteiger partial charge in [0.25, 0.3) is 0 Å². The van der Waals surface area contributed by atoms with Gasteiger partial charge in [-0.05, 0) is 83.8 Å². The number of carboxylic acid groups (broad SMARTS) is 1. The fraction of sp³-hybridized carbons (Fsp3) is 0.485. The van der Waals surface area contributed by atoms with E-state index in [1.807, 2.05) is 0 Å². The first-order valence-corrected chi connectivity index (χ1v) is 14.8. The highest BCUT2D eigenvalue weighted by atomic mass is 19.4. The molecule has 242 valence electrons. The van der Waals surface area contributed by atoms with E-state index in [9.17, 15) is 50.8 Å². The van der Waals surface area contributed by atoms with Crippen LogP contribution in [0.25, 0.3) is 21.9 Å². The predicted octanol–water partition coefficient (Wildman–Crippen LogP) is 10.3. The summed E-state index contributed by atoms with van der Waals surface area (Å²) in [6, 6.07) is 10.6. The molecule has 0 amide bonds. The summed E-state index contributed by atoms with van der Waals surface area (Å²) in [4.78, 5) is 11.4. The molecule has 0 bridgehead atoms. The summed E-state index contributed by atoms with van der Waals surface area (Å²) in [5.74, 6) is -10.00. The molecule has 3 aromatic rings. The number of unbranched alkanes of at least 4 members (excludes halogenated alkanes) is 7. The fourth-order valence-corrected chi connectivity index (χ4v) is 5.50. The van der Waals surface area contributed by atoms with E-state index < -0.39 is 54.2 Å². The standard InChI is InChI=1S/C33H37F7O4/c34-28-19-23(20-29(35)30(28)42)26-15-13-22-18-24(41)14-16-25(22)27(26)12-8-6-4-2-1-3-5-7-10-21(31(43)44)11-9-17-32(36,37)33(38,39)40/h13-16,18-21,41-42H,1-12,17H2,(H,43,44). The first kappa shape index (κ1) is 35.0. The molecule has 0 aliphatic carbocycles. The number of aromatic hydroxyl groups is 2. The van der Waals surface area contributed by atoms with Crippen molar-refractivity contribution in [3.05, 3.63) is 59.7 Å². The van der Waals surface area contributed by atoms with E-state index in [0.29, 0.717) is 24.0 Å². The first-order valence-electron chi connectivity index (χ1n) is 14.8. The summed E-state index contributed by atoms with van der Waals surface area (Å²) in [7, 11) is 0.